The molecule has 0 spiro atoms. The molecule has 0 atom stereocenters. The molecule has 2 aromatic rings. The molecule has 1 aromatic heterocycles. The van der Waals surface area contributed by atoms with E-state index < -0.39 is 11.1 Å². The van der Waals surface area contributed by atoms with E-state index in [-0.39, 0.29) is 12.4 Å². The van der Waals surface area contributed by atoms with Crippen molar-refractivity contribution < 1.29 is 4.39 Å². The molecular weight excluding hydrogens is 295 g/mol. The Morgan fingerprint density at radius 2 is 1.52 bits per heavy atom. The molecule has 0 bridgehead atoms. The maximum Gasteiger partial charge on any atom is 0.316 e. The van der Waals surface area contributed by atoms with Gasteiger partial charge in [0.25, 0.3) is 0 Å². The predicted octanol–water partition coefficient (Wildman–Crippen LogP) is 2.78. The van der Waals surface area contributed by atoms with Gasteiger partial charge in [0.1, 0.15) is 5.82 Å². The lowest BCUT2D eigenvalue weighted by Gasteiger charge is -2.22. The van der Waals surface area contributed by atoms with Gasteiger partial charge in [-0.05, 0) is 36.5 Å². The summed E-state index contributed by atoms with van der Waals surface area (Å²) in [5.41, 5.74) is -0.203. The van der Waals surface area contributed by atoms with E-state index in [2.05, 4.69) is 0 Å². The highest BCUT2D eigenvalue weighted by Crippen LogP contribution is 2.24. The highest BCUT2D eigenvalue weighted by molar-refractivity contribution is 5.16. The second-order valence-corrected chi connectivity index (χ2v) is 6.32. The Hall–Kier alpha value is -2.17. The van der Waals surface area contributed by atoms with Crippen molar-refractivity contribution >= 4 is 0 Å². The zero-order valence-corrected chi connectivity index (χ0v) is 13.1. The van der Waals surface area contributed by atoms with Crippen LogP contribution in [0.3, 0.4) is 0 Å². The summed E-state index contributed by atoms with van der Waals surface area (Å²) in [4.78, 5) is 24.5. The number of hydrogen-bond acceptors (Lipinski definition) is 2. The number of benzene rings is 1. The van der Waals surface area contributed by atoms with Crippen LogP contribution < -0.4 is 11.1 Å². The molecule has 23 heavy (non-hydrogen) atoms. The maximum atomic E-state index is 12.9. The predicted molar refractivity (Wildman–Crippen MR) is 87.0 cm³/mol. The minimum Gasteiger partial charge on any atom is -0.309 e. The molecule has 5 heteroatoms. The Morgan fingerprint density at radius 1 is 0.913 bits per heavy atom. The van der Waals surface area contributed by atoms with E-state index in [4.69, 9.17) is 0 Å². The van der Waals surface area contributed by atoms with E-state index in [9.17, 15) is 14.0 Å². The molecular formula is C18H21FN2O2. The van der Waals surface area contributed by atoms with Crippen molar-refractivity contribution in [1.29, 1.82) is 0 Å². The lowest BCUT2D eigenvalue weighted by Crippen LogP contribution is -2.41. The highest BCUT2D eigenvalue weighted by Gasteiger charge is 2.15. The first kappa shape index (κ1) is 15.7. The van der Waals surface area contributed by atoms with Gasteiger partial charge in [0.15, 0.2) is 0 Å². The van der Waals surface area contributed by atoms with Crippen LogP contribution in [0.5, 0.6) is 0 Å². The third-order valence-electron chi connectivity index (χ3n) is 4.58. The number of nitrogens with zero attached hydrogens (tertiary/aromatic N) is 2. The summed E-state index contributed by atoms with van der Waals surface area (Å²) in [5, 5.41) is 0. The number of hydrogen-bond donors (Lipinski definition) is 0. The summed E-state index contributed by atoms with van der Waals surface area (Å²) in [6.07, 6.45) is 9.29. The normalized spacial score (nSPS) is 15.7. The minimum atomic E-state index is -0.521. The second kappa shape index (κ2) is 6.94. The monoisotopic (exact) mass is 316 g/mol. The Balaban J connectivity index is 1.78. The average molecular weight is 316 g/mol. The zero-order chi connectivity index (χ0) is 16.2. The molecule has 0 saturated heterocycles. The van der Waals surface area contributed by atoms with Crippen LogP contribution in [0, 0.1) is 11.7 Å². The Bertz CT molecular complexity index is 771. The van der Waals surface area contributed by atoms with Crippen LogP contribution >= 0.6 is 0 Å². The molecule has 1 aliphatic carbocycles. The highest BCUT2D eigenvalue weighted by atomic mass is 19.1. The standard InChI is InChI=1S/C18H21FN2O2/c19-16-8-6-15(7-9-16)13-21-11-10-20(17(22)18(21)23)12-14-4-2-1-3-5-14/h6-11,14H,1-5,12-13H2. The topological polar surface area (TPSA) is 44.0 Å². The third-order valence-corrected chi connectivity index (χ3v) is 4.58. The van der Waals surface area contributed by atoms with Crippen molar-refractivity contribution in [3.8, 4) is 0 Å². The zero-order valence-electron chi connectivity index (χ0n) is 13.1. The maximum absolute atomic E-state index is 12.9. The van der Waals surface area contributed by atoms with Crippen LogP contribution in [0.4, 0.5) is 4.39 Å². The van der Waals surface area contributed by atoms with Crippen LogP contribution in [-0.2, 0) is 13.1 Å². The van der Waals surface area contributed by atoms with Gasteiger partial charge in [0, 0.05) is 18.9 Å². The molecule has 0 amide bonds. The molecule has 1 heterocycles. The second-order valence-electron chi connectivity index (χ2n) is 6.32. The Kier molecular flexibility index (Phi) is 4.74. The molecule has 0 N–H and O–H groups in total. The van der Waals surface area contributed by atoms with Gasteiger partial charge >= 0.3 is 11.1 Å². The van der Waals surface area contributed by atoms with Gasteiger partial charge in [0.05, 0.1) is 6.54 Å². The minimum absolute atomic E-state index is 0.276. The van der Waals surface area contributed by atoms with Crippen molar-refractivity contribution in [2.75, 3.05) is 0 Å². The largest absolute Gasteiger partial charge is 0.316 e. The molecule has 0 aliphatic heterocycles. The molecule has 1 aromatic carbocycles. The Morgan fingerprint density at radius 3 is 2.22 bits per heavy atom. The van der Waals surface area contributed by atoms with Crippen LogP contribution in [0.15, 0.2) is 46.2 Å². The van der Waals surface area contributed by atoms with Crippen molar-refractivity contribution in [2.45, 2.75) is 45.2 Å². The van der Waals surface area contributed by atoms with Gasteiger partial charge in [-0.25, -0.2) is 4.39 Å². The van der Waals surface area contributed by atoms with E-state index in [1.807, 2.05) is 0 Å². The average Bonchev–Trinajstić information content (AvgIpc) is 2.57. The number of aromatic nitrogens is 2. The smallest absolute Gasteiger partial charge is 0.309 e. The summed E-state index contributed by atoms with van der Waals surface area (Å²) < 4.78 is 15.8. The first-order valence-corrected chi connectivity index (χ1v) is 8.18. The summed E-state index contributed by atoms with van der Waals surface area (Å²) in [6.45, 7) is 0.907. The quantitative estimate of drug-likeness (QED) is 0.814. The van der Waals surface area contributed by atoms with E-state index in [1.54, 1.807) is 29.1 Å². The Labute approximate surface area is 134 Å². The van der Waals surface area contributed by atoms with Crippen LogP contribution in [0.25, 0.3) is 0 Å². The van der Waals surface area contributed by atoms with E-state index in [0.717, 1.165) is 18.4 Å². The third kappa shape index (κ3) is 3.78. The first-order valence-electron chi connectivity index (χ1n) is 8.18. The fraction of sp³-hybridized carbons (Fsp3) is 0.444. The van der Waals surface area contributed by atoms with E-state index in [0.29, 0.717) is 12.5 Å². The fourth-order valence-electron chi connectivity index (χ4n) is 3.24. The molecule has 1 aliphatic rings. The van der Waals surface area contributed by atoms with Gasteiger partial charge in [-0.3, -0.25) is 9.59 Å². The molecule has 3 rings (SSSR count). The lowest BCUT2D eigenvalue weighted by molar-refractivity contribution is 0.314. The summed E-state index contributed by atoms with van der Waals surface area (Å²) >= 11 is 0. The molecule has 122 valence electrons. The van der Waals surface area contributed by atoms with Crippen LogP contribution in [0.1, 0.15) is 37.7 Å². The van der Waals surface area contributed by atoms with E-state index in [1.165, 1.54) is 36.0 Å². The van der Waals surface area contributed by atoms with Crippen molar-refractivity contribution in [2.24, 2.45) is 5.92 Å². The first-order chi connectivity index (χ1) is 11.1. The molecule has 4 nitrogen and oxygen atoms in total. The van der Waals surface area contributed by atoms with Gasteiger partial charge in [0.2, 0.25) is 0 Å². The van der Waals surface area contributed by atoms with Crippen molar-refractivity contribution in [3.05, 3.63) is 68.7 Å². The number of halogens is 1. The van der Waals surface area contributed by atoms with Gasteiger partial charge < -0.3 is 9.13 Å². The van der Waals surface area contributed by atoms with E-state index >= 15 is 0 Å². The lowest BCUT2D eigenvalue weighted by atomic mass is 9.89. The van der Waals surface area contributed by atoms with Crippen LogP contribution in [0.2, 0.25) is 0 Å². The summed E-state index contributed by atoms with van der Waals surface area (Å²) in [5.74, 6) is 0.179. The van der Waals surface area contributed by atoms with Gasteiger partial charge in [-0.2, -0.15) is 0 Å². The van der Waals surface area contributed by atoms with Crippen molar-refractivity contribution in [3.63, 3.8) is 0 Å². The van der Waals surface area contributed by atoms with Gasteiger partial charge in [-0.1, -0.05) is 31.4 Å². The van der Waals surface area contributed by atoms with Crippen LogP contribution in [-0.4, -0.2) is 9.13 Å². The fourth-order valence-corrected chi connectivity index (χ4v) is 3.24. The number of rotatable bonds is 4. The summed E-state index contributed by atoms with van der Waals surface area (Å²) in [7, 11) is 0. The molecule has 1 saturated carbocycles. The van der Waals surface area contributed by atoms with Gasteiger partial charge in [-0.15, -0.1) is 0 Å². The molecule has 1 fully saturated rings. The molecule has 0 unspecified atom stereocenters. The van der Waals surface area contributed by atoms with Crippen molar-refractivity contribution in [1.82, 2.24) is 9.13 Å². The SMILES string of the molecule is O=c1c(=O)n(CC2CCCCC2)ccn1Cc1ccc(F)cc1. The summed E-state index contributed by atoms with van der Waals surface area (Å²) in [6, 6.07) is 5.94. The molecule has 0 radical (unpaired) electrons.